The Morgan fingerprint density at radius 2 is 2.15 bits per heavy atom. The van der Waals surface area contributed by atoms with Crippen LogP contribution < -0.4 is 10.1 Å². The van der Waals surface area contributed by atoms with Crippen molar-refractivity contribution in [2.45, 2.75) is 11.7 Å². The van der Waals surface area contributed by atoms with Gasteiger partial charge >= 0.3 is 0 Å². The van der Waals surface area contributed by atoms with Crippen molar-refractivity contribution in [2.75, 3.05) is 19.9 Å². The average molecular weight is 291 g/mol. The highest BCUT2D eigenvalue weighted by Gasteiger charge is 2.07. The summed E-state index contributed by atoms with van der Waals surface area (Å²) in [5.41, 5.74) is 1.16. The number of nitrogens with one attached hydrogen (secondary N) is 1. The van der Waals surface area contributed by atoms with Crippen LogP contribution in [0.5, 0.6) is 5.75 Å². The second-order valence-corrected chi connectivity index (χ2v) is 5.09. The Labute approximate surface area is 122 Å². The number of carbonyl (C=O) groups is 1. The summed E-state index contributed by atoms with van der Waals surface area (Å²) < 4.78 is 7.16. The summed E-state index contributed by atoms with van der Waals surface area (Å²) in [7, 11) is 3.28. The van der Waals surface area contributed by atoms with Gasteiger partial charge in [0.1, 0.15) is 5.75 Å². The first-order valence-electron chi connectivity index (χ1n) is 6.20. The highest BCUT2D eigenvalue weighted by atomic mass is 32.2. The largest absolute Gasteiger partial charge is 0.497 e. The first kappa shape index (κ1) is 14.5. The van der Waals surface area contributed by atoms with Gasteiger partial charge in [-0.25, -0.2) is 4.98 Å². The first-order valence-corrected chi connectivity index (χ1v) is 7.19. The molecular weight excluding hydrogens is 274 g/mol. The van der Waals surface area contributed by atoms with Crippen molar-refractivity contribution >= 4 is 17.7 Å². The number of amides is 1. The van der Waals surface area contributed by atoms with Crippen molar-refractivity contribution in [1.82, 2.24) is 14.9 Å². The van der Waals surface area contributed by atoms with E-state index in [-0.39, 0.29) is 5.91 Å². The van der Waals surface area contributed by atoms with E-state index in [1.165, 1.54) is 11.8 Å². The van der Waals surface area contributed by atoms with Crippen LogP contribution in [0.1, 0.15) is 5.56 Å². The molecule has 1 N–H and O–H groups in total. The number of ether oxygens (including phenoxy) is 1. The van der Waals surface area contributed by atoms with Crippen molar-refractivity contribution in [3.8, 4) is 5.75 Å². The van der Waals surface area contributed by atoms with E-state index >= 15 is 0 Å². The number of carbonyl (C=O) groups excluding carboxylic acids is 1. The normalized spacial score (nSPS) is 10.3. The number of methoxy groups -OCH3 is 1. The predicted molar refractivity (Wildman–Crippen MR) is 79.1 cm³/mol. The minimum Gasteiger partial charge on any atom is -0.497 e. The molecule has 0 saturated heterocycles. The number of imidazole rings is 1. The first-order chi connectivity index (χ1) is 9.72. The maximum Gasteiger partial charge on any atom is 0.230 e. The lowest BCUT2D eigenvalue weighted by Gasteiger charge is -2.08. The number of nitrogens with zero attached hydrogens (tertiary/aromatic N) is 2. The van der Waals surface area contributed by atoms with Crippen LogP contribution in [-0.4, -0.2) is 35.4 Å². The monoisotopic (exact) mass is 291 g/mol. The molecule has 0 aliphatic heterocycles. The Hall–Kier alpha value is -1.95. The molecule has 0 saturated carbocycles. The maximum atomic E-state index is 11.3. The van der Waals surface area contributed by atoms with Gasteiger partial charge in [-0.15, -0.1) is 0 Å². The summed E-state index contributed by atoms with van der Waals surface area (Å²) in [4.78, 5) is 15.5. The Balaban J connectivity index is 2.02. The smallest absolute Gasteiger partial charge is 0.230 e. The summed E-state index contributed by atoms with van der Waals surface area (Å²) in [6.45, 7) is 0.722. The number of aromatic nitrogens is 2. The van der Waals surface area contributed by atoms with E-state index in [9.17, 15) is 4.79 Å². The third kappa shape index (κ3) is 3.77. The van der Waals surface area contributed by atoms with Gasteiger partial charge in [-0.05, 0) is 17.7 Å². The summed E-state index contributed by atoms with van der Waals surface area (Å²) >= 11 is 1.43. The summed E-state index contributed by atoms with van der Waals surface area (Å²) in [6, 6.07) is 7.91. The highest BCUT2D eigenvalue weighted by Crippen LogP contribution is 2.18. The molecule has 0 bridgehead atoms. The molecule has 0 spiro atoms. The molecule has 0 aliphatic carbocycles. The molecule has 1 amide bonds. The number of hydrogen-bond acceptors (Lipinski definition) is 4. The SMILES string of the molecule is CNC(=O)CSc1nccn1Cc1ccc(OC)cc1. The van der Waals surface area contributed by atoms with Gasteiger partial charge in [0.2, 0.25) is 5.91 Å². The molecular formula is C14H17N3O2S. The molecule has 106 valence electrons. The molecule has 2 aromatic rings. The number of thioether (sulfide) groups is 1. The molecule has 1 aromatic carbocycles. The van der Waals surface area contributed by atoms with Crippen molar-refractivity contribution in [2.24, 2.45) is 0 Å². The van der Waals surface area contributed by atoms with Gasteiger partial charge in [0.05, 0.1) is 12.9 Å². The van der Waals surface area contributed by atoms with E-state index in [0.29, 0.717) is 5.75 Å². The third-order valence-electron chi connectivity index (χ3n) is 2.80. The molecule has 0 atom stereocenters. The van der Waals surface area contributed by atoms with Crippen molar-refractivity contribution in [3.05, 3.63) is 42.2 Å². The van der Waals surface area contributed by atoms with Crippen molar-refractivity contribution in [3.63, 3.8) is 0 Å². The second kappa shape index (κ2) is 7.00. The lowest BCUT2D eigenvalue weighted by molar-refractivity contribution is -0.118. The average Bonchev–Trinajstić information content (AvgIpc) is 2.92. The maximum absolute atomic E-state index is 11.3. The zero-order valence-electron chi connectivity index (χ0n) is 11.5. The zero-order chi connectivity index (χ0) is 14.4. The Bertz CT molecular complexity index is 566. The molecule has 5 nitrogen and oxygen atoms in total. The Morgan fingerprint density at radius 3 is 2.80 bits per heavy atom. The molecule has 2 rings (SSSR count). The minimum absolute atomic E-state index is 0.00556. The van der Waals surface area contributed by atoms with Gasteiger partial charge < -0.3 is 14.6 Å². The zero-order valence-corrected chi connectivity index (χ0v) is 12.3. The van der Waals surface area contributed by atoms with Gasteiger partial charge in [-0.1, -0.05) is 23.9 Å². The quantitative estimate of drug-likeness (QED) is 0.824. The molecule has 0 radical (unpaired) electrons. The topological polar surface area (TPSA) is 56.2 Å². The van der Waals surface area contributed by atoms with E-state index in [2.05, 4.69) is 10.3 Å². The number of rotatable bonds is 6. The fourth-order valence-corrected chi connectivity index (χ4v) is 2.52. The fraction of sp³-hybridized carbons (Fsp3) is 0.286. The molecule has 20 heavy (non-hydrogen) atoms. The summed E-state index contributed by atoms with van der Waals surface area (Å²) in [5.74, 6) is 1.21. The van der Waals surface area contributed by atoms with Crippen LogP contribution in [0, 0.1) is 0 Å². The fourth-order valence-electron chi connectivity index (χ4n) is 1.69. The summed E-state index contributed by atoms with van der Waals surface area (Å²) in [5, 5.41) is 3.44. The lowest BCUT2D eigenvalue weighted by atomic mass is 10.2. The van der Waals surface area contributed by atoms with Gasteiger partial charge in [0.25, 0.3) is 0 Å². The van der Waals surface area contributed by atoms with E-state index in [1.54, 1.807) is 20.4 Å². The molecule has 6 heteroatoms. The molecule has 1 heterocycles. The summed E-state index contributed by atoms with van der Waals surface area (Å²) in [6.07, 6.45) is 3.66. The van der Waals surface area contributed by atoms with Crippen LogP contribution in [-0.2, 0) is 11.3 Å². The van der Waals surface area contributed by atoms with Crippen LogP contribution in [0.2, 0.25) is 0 Å². The lowest BCUT2D eigenvalue weighted by Crippen LogP contribution is -2.20. The van der Waals surface area contributed by atoms with Crippen LogP contribution in [0.25, 0.3) is 0 Å². The number of hydrogen-bond donors (Lipinski definition) is 1. The van der Waals surface area contributed by atoms with E-state index in [0.717, 1.165) is 23.0 Å². The molecule has 0 unspecified atom stereocenters. The number of benzene rings is 1. The Kier molecular flexibility index (Phi) is 5.06. The van der Waals surface area contributed by atoms with Gasteiger partial charge in [-0.2, -0.15) is 0 Å². The van der Waals surface area contributed by atoms with Gasteiger partial charge in [0, 0.05) is 26.0 Å². The minimum atomic E-state index is -0.00556. The standard InChI is InChI=1S/C14H17N3O2S/c1-15-13(18)10-20-14-16-7-8-17(14)9-11-3-5-12(19-2)6-4-11/h3-8H,9-10H2,1-2H3,(H,15,18). The molecule has 0 aliphatic rings. The highest BCUT2D eigenvalue weighted by molar-refractivity contribution is 7.99. The third-order valence-corrected chi connectivity index (χ3v) is 3.81. The second-order valence-electron chi connectivity index (χ2n) is 4.15. The van der Waals surface area contributed by atoms with Crippen molar-refractivity contribution < 1.29 is 9.53 Å². The van der Waals surface area contributed by atoms with Gasteiger partial charge in [0.15, 0.2) is 5.16 Å². The molecule has 0 fully saturated rings. The Morgan fingerprint density at radius 1 is 1.40 bits per heavy atom. The van der Waals surface area contributed by atoms with E-state index in [4.69, 9.17) is 4.74 Å². The van der Waals surface area contributed by atoms with Gasteiger partial charge in [-0.3, -0.25) is 4.79 Å². The van der Waals surface area contributed by atoms with E-state index in [1.807, 2.05) is 35.0 Å². The van der Waals surface area contributed by atoms with Crippen LogP contribution in [0.3, 0.4) is 0 Å². The van der Waals surface area contributed by atoms with Crippen LogP contribution in [0.15, 0.2) is 41.8 Å². The molecule has 1 aromatic heterocycles. The van der Waals surface area contributed by atoms with Crippen LogP contribution >= 0.6 is 11.8 Å². The van der Waals surface area contributed by atoms with E-state index < -0.39 is 0 Å². The predicted octanol–water partition coefficient (Wildman–Crippen LogP) is 1.78. The van der Waals surface area contributed by atoms with Crippen LogP contribution in [0.4, 0.5) is 0 Å². The van der Waals surface area contributed by atoms with Crippen molar-refractivity contribution in [1.29, 1.82) is 0 Å².